The monoisotopic (exact) mass is 359 g/mol. The van der Waals surface area contributed by atoms with Crippen LogP contribution in [0.15, 0.2) is 24.5 Å². The maximum atomic E-state index is 6.26. The molecule has 0 bridgehead atoms. The highest BCUT2D eigenvalue weighted by Crippen LogP contribution is 2.39. The van der Waals surface area contributed by atoms with Gasteiger partial charge in [-0.15, -0.1) is 24.0 Å². The molecule has 8 heteroatoms. The lowest BCUT2D eigenvalue weighted by Gasteiger charge is -2.19. The Morgan fingerprint density at radius 3 is 2.88 bits per heavy atom. The SMILES string of the molecule is NCC(N)c1nc(-c2ccncc2)nc2sc3c(c12)CC(S)OC3. The van der Waals surface area contributed by atoms with Crippen LogP contribution in [0.1, 0.15) is 22.2 Å². The number of hydrogen-bond donors (Lipinski definition) is 3. The van der Waals surface area contributed by atoms with Crippen molar-refractivity contribution >= 4 is 34.2 Å². The maximum Gasteiger partial charge on any atom is 0.161 e. The first-order valence-corrected chi connectivity index (χ1v) is 8.98. The number of rotatable bonds is 3. The predicted octanol–water partition coefficient (Wildman–Crippen LogP) is 2.04. The predicted molar refractivity (Wildman–Crippen MR) is 97.9 cm³/mol. The molecular weight excluding hydrogens is 342 g/mol. The van der Waals surface area contributed by atoms with Crippen molar-refractivity contribution in [3.63, 3.8) is 0 Å². The Labute approximate surface area is 148 Å². The van der Waals surface area contributed by atoms with Gasteiger partial charge >= 0.3 is 0 Å². The van der Waals surface area contributed by atoms with Crippen LogP contribution in [0, 0.1) is 0 Å². The van der Waals surface area contributed by atoms with E-state index in [-0.39, 0.29) is 11.5 Å². The Morgan fingerprint density at radius 2 is 2.12 bits per heavy atom. The highest BCUT2D eigenvalue weighted by molar-refractivity contribution is 7.80. The lowest BCUT2D eigenvalue weighted by molar-refractivity contribution is 0.0907. The lowest BCUT2D eigenvalue weighted by Crippen LogP contribution is -2.23. The first kappa shape index (κ1) is 15.9. The average Bonchev–Trinajstić information content (AvgIpc) is 2.98. The minimum Gasteiger partial charge on any atom is -0.362 e. The standard InChI is InChI=1S/C16H17N5OS2/c17-6-10(18)14-13-9-5-12(23)22-7-11(9)24-16(13)21-15(20-14)8-1-3-19-4-2-8/h1-4,10,12,23H,5-7,17-18H2. The Balaban J connectivity index is 1.97. The van der Waals surface area contributed by atoms with Gasteiger partial charge in [0.15, 0.2) is 5.82 Å². The minimum absolute atomic E-state index is 0.114. The quantitative estimate of drug-likeness (QED) is 0.619. The van der Waals surface area contributed by atoms with E-state index < -0.39 is 0 Å². The molecule has 0 saturated heterocycles. The zero-order chi connectivity index (χ0) is 16.7. The van der Waals surface area contributed by atoms with E-state index >= 15 is 0 Å². The third kappa shape index (κ3) is 2.70. The van der Waals surface area contributed by atoms with Crippen LogP contribution in [0.5, 0.6) is 0 Å². The molecule has 0 aromatic carbocycles. The molecule has 0 fully saturated rings. The summed E-state index contributed by atoms with van der Waals surface area (Å²) in [5.41, 5.74) is 14.9. The van der Waals surface area contributed by atoms with Gasteiger partial charge in [0, 0.05) is 41.2 Å². The molecule has 1 aliphatic rings. The fourth-order valence-electron chi connectivity index (χ4n) is 2.88. The fraction of sp³-hybridized carbons (Fsp3) is 0.312. The van der Waals surface area contributed by atoms with Crippen LogP contribution in [0.2, 0.25) is 0 Å². The maximum absolute atomic E-state index is 6.26. The van der Waals surface area contributed by atoms with Crippen molar-refractivity contribution in [3.05, 3.63) is 40.7 Å². The summed E-state index contributed by atoms with van der Waals surface area (Å²) < 4.78 is 5.64. The van der Waals surface area contributed by atoms with Crippen molar-refractivity contribution in [3.8, 4) is 11.4 Å². The summed E-state index contributed by atoms with van der Waals surface area (Å²) in [6, 6.07) is 3.44. The van der Waals surface area contributed by atoms with Gasteiger partial charge in [-0.2, -0.15) is 0 Å². The van der Waals surface area contributed by atoms with Gasteiger partial charge in [-0.1, -0.05) is 0 Å². The van der Waals surface area contributed by atoms with Crippen molar-refractivity contribution in [1.29, 1.82) is 0 Å². The number of ether oxygens (including phenoxy) is 1. The zero-order valence-corrected chi connectivity index (χ0v) is 14.6. The smallest absolute Gasteiger partial charge is 0.161 e. The highest BCUT2D eigenvalue weighted by atomic mass is 32.1. The number of nitrogens with two attached hydrogens (primary N) is 2. The molecule has 4 N–H and O–H groups in total. The summed E-state index contributed by atoms with van der Waals surface area (Å²) in [5.74, 6) is 0.644. The molecule has 124 valence electrons. The van der Waals surface area contributed by atoms with Gasteiger partial charge < -0.3 is 16.2 Å². The van der Waals surface area contributed by atoms with Crippen LogP contribution in [-0.4, -0.2) is 26.9 Å². The molecular formula is C16H17N5OS2. The van der Waals surface area contributed by atoms with Gasteiger partial charge in [0.2, 0.25) is 0 Å². The summed E-state index contributed by atoms with van der Waals surface area (Å²) in [5, 5.41) is 1.02. The molecule has 0 aliphatic carbocycles. The van der Waals surface area contributed by atoms with E-state index in [4.69, 9.17) is 26.2 Å². The number of thiophene rings is 1. The van der Waals surface area contributed by atoms with Gasteiger partial charge in [0.25, 0.3) is 0 Å². The number of nitrogens with zero attached hydrogens (tertiary/aromatic N) is 3. The molecule has 3 aromatic rings. The first-order chi connectivity index (χ1) is 11.7. The second-order valence-corrected chi connectivity index (χ2v) is 7.32. The van der Waals surface area contributed by atoms with Gasteiger partial charge in [-0.05, 0) is 17.7 Å². The molecule has 2 unspecified atom stereocenters. The third-order valence-electron chi connectivity index (χ3n) is 4.09. The van der Waals surface area contributed by atoms with Crippen LogP contribution < -0.4 is 11.5 Å². The Morgan fingerprint density at radius 1 is 1.33 bits per heavy atom. The number of aromatic nitrogens is 3. The third-order valence-corrected chi connectivity index (χ3v) is 5.52. The van der Waals surface area contributed by atoms with E-state index in [0.717, 1.165) is 27.9 Å². The fourth-order valence-corrected chi connectivity index (χ4v) is 4.27. The largest absolute Gasteiger partial charge is 0.362 e. The second kappa shape index (κ2) is 6.38. The Hall–Kier alpha value is -1.58. The van der Waals surface area contributed by atoms with Gasteiger partial charge in [0.1, 0.15) is 10.3 Å². The first-order valence-electron chi connectivity index (χ1n) is 7.65. The molecule has 0 spiro atoms. The van der Waals surface area contributed by atoms with Gasteiger partial charge in [-0.25, -0.2) is 9.97 Å². The van der Waals surface area contributed by atoms with Crippen molar-refractivity contribution in [2.24, 2.45) is 11.5 Å². The Bertz CT molecular complexity index is 883. The number of pyridine rings is 1. The molecule has 4 rings (SSSR count). The van der Waals surface area contributed by atoms with Crippen LogP contribution in [0.3, 0.4) is 0 Å². The van der Waals surface area contributed by atoms with E-state index in [9.17, 15) is 0 Å². The van der Waals surface area contributed by atoms with Crippen molar-refractivity contribution in [1.82, 2.24) is 15.0 Å². The van der Waals surface area contributed by atoms with Gasteiger partial charge in [0.05, 0.1) is 18.3 Å². The zero-order valence-electron chi connectivity index (χ0n) is 12.8. The van der Waals surface area contributed by atoms with E-state index in [1.54, 1.807) is 23.7 Å². The van der Waals surface area contributed by atoms with E-state index in [1.807, 2.05) is 12.1 Å². The summed E-state index contributed by atoms with van der Waals surface area (Å²) in [6.45, 7) is 0.875. The number of fused-ring (bicyclic) bond motifs is 3. The van der Waals surface area contributed by atoms with Crippen molar-refractivity contribution < 1.29 is 4.74 Å². The summed E-state index contributed by atoms with van der Waals surface area (Å²) in [4.78, 5) is 15.6. The summed E-state index contributed by atoms with van der Waals surface area (Å²) in [7, 11) is 0. The molecule has 0 saturated carbocycles. The van der Waals surface area contributed by atoms with Crippen LogP contribution >= 0.6 is 24.0 Å². The average molecular weight is 359 g/mol. The molecule has 0 amide bonds. The van der Waals surface area contributed by atoms with Crippen LogP contribution in [0.4, 0.5) is 0 Å². The highest BCUT2D eigenvalue weighted by Gasteiger charge is 2.26. The molecule has 6 nitrogen and oxygen atoms in total. The molecule has 3 aromatic heterocycles. The van der Waals surface area contributed by atoms with Crippen molar-refractivity contribution in [2.45, 2.75) is 24.5 Å². The molecule has 4 heterocycles. The molecule has 24 heavy (non-hydrogen) atoms. The second-order valence-electron chi connectivity index (χ2n) is 5.66. The molecule has 1 aliphatic heterocycles. The number of thiol groups is 1. The topological polar surface area (TPSA) is 99.9 Å². The van der Waals surface area contributed by atoms with E-state index in [1.165, 1.54) is 10.4 Å². The summed E-state index contributed by atoms with van der Waals surface area (Å²) >= 11 is 6.08. The van der Waals surface area contributed by atoms with Gasteiger partial charge in [-0.3, -0.25) is 4.98 Å². The normalized spacial score (nSPS) is 18.5. The minimum atomic E-state index is -0.337. The van der Waals surface area contributed by atoms with Crippen LogP contribution in [-0.2, 0) is 17.8 Å². The van der Waals surface area contributed by atoms with E-state index in [0.29, 0.717) is 19.0 Å². The van der Waals surface area contributed by atoms with Crippen LogP contribution in [0.25, 0.3) is 21.6 Å². The van der Waals surface area contributed by atoms with Crippen molar-refractivity contribution in [2.75, 3.05) is 6.54 Å². The molecule has 0 radical (unpaired) electrons. The molecule has 2 atom stereocenters. The number of hydrogen-bond acceptors (Lipinski definition) is 8. The summed E-state index contributed by atoms with van der Waals surface area (Å²) in [6.07, 6.45) is 4.18. The Kier molecular flexibility index (Phi) is 4.23. The van der Waals surface area contributed by atoms with E-state index in [2.05, 4.69) is 17.6 Å². The lowest BCUT2D eigenvalue weighted by atomic mass is 10.0.